The Labute approximate surface area is 221 Å². The van der Waals surface area contributed by atoms with E-state index < -0.39 is 49.2 Å². The number of hydrogen-bond donors (Lipinski definition) is 4. The largest absolute Gasteiger partial charge is 0.478 e. The highest BCUT2D eigenvalue weighted by Crippen LogP contribution is 2.35. The molecule has 0 radical (unpaired) electrons. The van der Waals surface area contributed by atoms with Crippen molar-refractivity contribution in [2.24, 2.45) is 10.2 Å². The smallest absolute Gasteiger partial charge is 0.336 e. The molecule has 2 aromatic carbocycles. The summed E-state index contributed by atoms with van der Waals surface area (Å²) in [5.41, 5.74) is -0.522. The number of halogens is 1. The topological polar surface area (TPSA) is 191 Å². The van der Waals surface area contributed by atoms with Crippen molar-refractivity contribution in [1.29, 1.82) is 0 Å². The van der Waals surface area contributed by atoms with Gasteiger partial charge in [-0.25, -0.2) is 27.4 Å². The van der Waals surface area contributed by atoms with E-state index >= 15 is 0 Å². The molecule has 0 spiro atoms. The summed E-state index contributed by atoms with van der Waals surface area (Å²) in [5, 5.41) is 34.0. The summed E-state index contributed by atoms with van der Waals surface area (Å²) in [5.74, 6) is -3.44. The average molecular weight is 558 g/mol. The lowest BCUT2D eigenvalue weighted by atomic mass is 9.91. The summed E-state index contributed by atoms with van der Waals surface area (Å²) in [4.78, 5) is 26.6. The number of sulfonamides is 1. The van der Waals surface area contributed by atoms with Crippen LogP contribution >= 0.6 is 0 Å². The molecule has 4 rings (SSSR count). The predicted octanol–water partition coefficient (Wildman–Crippen LogP) is 4.67. The molecule has 0 saturated carbocycles. The zero-order valence-corrected chi connectivity index (χ0v) is 22.0. The van der Waals surface area contributed by atoms with Crippen LogP contribution in [-0.2, 0) is 21.9 Å². The van der Waals surface area contributed by atoms with Gasteiger partial charge < -0.3 is 10.2 Å². The van der Waals surface area contributed by atoms with Gasteiger partial charge in [0.05, 0.1) is 21.7 Å². The average Bonchev–Trinajstić information content (AvgIpc) is 3.41. The molecule has 0 saturated heterocycles. The fourth-order valence-corrected chi connectivity index (χ4v) is 4.71. The van der Waals surface area contributed by atoms with E-state index in [0.717, 1.165) is 36.4 Å². The number of nitrogens with one attached hydrogen (secondary N) is 2. The standard InChI is InChI=1S/C24H24FN7O6S/c1-5-18-26-21-19(20(24(2,3)4)30-32(21)29-18)28-27-17-9-7-13(11-16(17)25)39(37,38)31-12-6-8-14(22(33)34)15(10-12)23(35)36/h6-11,30-31H,5H2,1-4H3,(H,33,34)(H,35,36). The maximum Gasteiger partial charge on any atom is 0.336 e. The molecule has 2 heterocycles. The highest BCUT2D eigenvalue weighted by molar-refractivity contribution is 7.92. The quantitative estimate of drug-likeness (QED) is 0.225. The number of hydrogen-bond acceptors (Lipinski definition) is 8. The van der Waals surface area contributed by atoms with Gasteiger partial charge in [-0.05, 0) is 36.4 Å². The summed E-state index contributed by atoms with van der Waals surface area (Å²) < 4.78 is 44.2. The van der Waals surface area contributed by atoms with Gasteiger partial charge in [-0.3, -0.25) is 9.82 Å². The number of anilines is 1. The van der Waals surface area contributed by atoms with Crippen molar-refractivity contribution in [1.82, 2.24) is 19.8 Å². The maximum absolute atomic E-state index is 14.9. The van der Waals surface area contributed by atoms with Gasteiger partial charge in [0.2, 0.25) is 5.65 Å². The van der Waals surface area contributed by atoms with E-state index in [2.05, 4.69) is 30.1 Å². The Bertz CT molecular complexity index is 1750. The molecular formula is C24H24FN7O6S. The van der Waals surface area contributed by atoms with E-state index in [1.165, 1.54) is 4.63 Å². The zero-order valence-electron chi connectivity index (χ0n) is 21.2. The number of fused-ring (bicyclic) bond motifs is 1. The van der Waals surface area contributed by atoms with Gasteiger partial charge >= 0.3 is 11.9 Å². The summed E-state index contributed by atoms with van der Waals surface area (Å²) in [6.45, 7) is 7.73. The molecule has 15 heteroatoms. The van der Waals surface area contributed by atoms with Crippen molar-refractivity contribution in [2.45, 2.75) is 44.4 Å². The van der Waals surface area contributed by atoms with Gasteiger partial charge in [-0.1, -0.05) is 27.7 Å². The number of carboxylic acids is 2. The summed E-state index contributed by atoms with van der Waals surface area (Å²) in [6, 6.07) is 5.88. The van der Waals surface area contributed by atoms with Crippen LogP contribution in [0.25, 0.3) is 5.65 Å². The number of aromatic amines is 1. The van der Waals surface area contributed by atoms with Crippen LogP contribution in [0.3, 0.4) is 0 Å². The molecule has 0 fully saturated rings. The first-order valence-corrected chi connectivity index (χ1v) is 13.0. The second-order valence-electron chi connectivity index (χ2n) is 9.49. The van der Waals surface area contributed by atoms with Crippen molar-refractivity contribution in [3.05, 3.63) is 64.9 Å². The minimum absolute atomic E-state index is 0.215. The van der Waals surface area contributed by atoms with Gasteiger partial charge in [-0.2, -0.15) is 4.63 Å². The second-order valence-corrected chi connectivity index (χ2v) is 11.2. The number of rotatable bonds is 8. The van der Waals surface area contributed by atoms with Crippen LogP contribution in [0.5, 0.6) is 0 Å². The van der Waals surface area contributed by atoms with E-state index in [0.29, 0.717) is 29.3 Å². The zero-order chi connectivity index (χ0) is 28.7. The van der Waals surface area contributed by atoms with Gasteiger partial charge in [0.1, 0.15) is 5.69 Å². The Morgan fingerprint density at radius 3 is 2.36 bits per heavy atom. The molecule has 39 heavy (non-hydrogen) atoms. The molecule has 0 amide bonds. The monoisotopic (exact) mass is 557 g/mol. The van der Waals surface area contributed by atoms with Crippen LogP contribution in [0.2, 0.25) is 0 Å². The van der Waals surface area contributed by atoms with Crippen LogP contribution in [0, 0.1) is 5.82 Å². The van der Waals surface area contributed by atoms with Gasteiger partial charge in [0.25, 0.3) is 10.0 Å². The van der Waals surface area contributed by atoms with Gasteiger partial charge in [-0.15, -0.1) is 15.3 Å². The Morgan fingerprint density at radius 2 is 1.77 bits per heavy atom. The maximum atomic E-state index is 14.9. The third-order valence-electron chi connectivity index (χ3n) is 5.60. The fourth-order valence-electron chi connectivity index (χ4n) is 3.65. The lowest BCUT2D eigenvalue weighted by Crippen LogP contribution is -2.15. The van der Waals surface area contributed by atoms with Gasteiger partial charge in [0, 0.05) is 17.5 Å². The van der Waals surface area contributed by atoms with Crippen molar-refractivity contribution in [2.75, 3.05) is 4.72 Å². The first-order chi connectivity index (χ1) is 18.2. The highest BCUT2D eigenvalue weighted by Gasteiger charge is 2.26. The number of aromatic carboxylic acids is 2. The van der Waals surface area contributed by atoms with E-state index in [1.807, 2.05) is 27.7 Å². The minimum Gasteiger partial charge on any atom is -0.478 e. The number of carboxylic acid groups (broad SMARTS) is 2. The number of benzene rings is 2. The number of H-pyrrole nitrogens is 1. The van der Waals surface area contributed by atoms with Crippen molar-refractivity contribution < 1.29 is 32.6 Å². The van der Waals surface area contributed by atoms with Crippen molar-refractivity contribution >= 4 is 44.7 Å². The summed E-state index contributed by atoms with van der Waals surface area (Å²) >= 11 is 0. The molecule has 0 unspecified atom stereocenters. The first-order valence-electron chi connectivity index (χ1n) is 11.5. The second kappa shape index (κ2) is 9.90. The van der Waals surface area contributed by atoms with Crippen LogP contribution in [0.1, 0.15) is 59.9 Å². The highest BCUT2D eigenvalue weighted by atomic mass is 32.2. The number of aryl methyl sites for hydroxylation is 1. The third kappa shape index (κ3) is 5.47. The Morgan fingerprint density at radius 1 is 1.08 bits per heavy atom. The van der Waals surface area contributed by atoms with Crippen LogP contribution in [-0.4, -0.2) is 50.4 Å². The summed E-state index contributed by atoms with van der Waals surface area (Å²) in [6.07, 6.45) is 0.594. The molecule has 4 N–H and O–H groups in total. The van der Waals surface area contributed by atoms with Crippen LogP contribution < -0.4 is 4.72 Å². The molecular weight excluding hydrogens is 533 g/mol. The normalized spacial score (nSPS) is 12.3. The lowest BCUT2D eigenvalue weighted by molar-refractivity contribution is 0.0651. The number of carbonyl (C=O) groups is 2. The molecule has 0 bridgehead atoms. The molecule has 0 aliphatic carbocycles. The van der Waals surface area contributed by atoms with E-state index in [1.54, 1.807) is 0 Å². The Hall–Kier alpha value is -4.66. The molecule has 0 atom stereocenters. The van der Waals surface area contributed by atoms with E-state index in [-0.39, 0.29) is 11.4 Å². The van der Waals surface area contributed by atoms with Crippen LogP contribution in [0.15, 0.2) is 51.5 Å². The predicted molar refractivity (Wildman–Crippen MR) is 137 cm³/mol. The molecule has 0 aliphatic heterocycles. The summed E-state index contributed by atoms with van der Waals surface area (Å²) in [7, 11) is -4.37. The minimum atomic E-state index is -4.37. The Balaban J connectivity index is 1.65. The Kier molecular flexibility index (Phi) is 6.95. The third-order valence-corrected chi connectivity index (χ3v) is 6.98. The molecule has 2 aromatic heterocycles. The van der Waals surface area contributed by atoms with Crippen molar-refractivity contribution in [3.63, 3.8) is 0 Å². The number of nitrogens with zero attached hydrogens (tertiary/aromatic N) is 5. The van der Waals surface area contributed by atoms with E-state index in [4.69, 9.17) is 5.11 Å². The SMILES string of the molecule is CCc1nc2c(N=Nc3ccc(S(=O)(=O)Nc4ccc(C(=O)O)c(C(=O)O)c4)cc3F)c(C(C)(C)C)[nH]n2n1. The molecule has 204 valence electrons. The molecule has 4 aromatic rings. The van der Waals surface area contributed by atoms with Gasteiger partial charge in [0.15, 0.2) is 17.3 Å². The number of azo groups is 1. The molecule has 13 nitrogen and oxygen atoms in total. The van der Waals surface area contributed by atoms with Crippen LogP contribution in [0.4, 0.5) is 21.5 Å². The van der Waals surface area contributed by atoms with Crippen molar-refractivity contribution in [3.8, 4) is 0 Å². The molecule has 0 aliphatic rings. The van der Waals surface area contributed by atoms with E-state index in [9.17, 15) is 27.5 Å². The number of aromatic nitrogens is 4. The lowest BCUT2D eigenvalue weighted by Gasteiger charge is -2.16. The first kappa shape index (κ1) is 27.4. The fraction of sp³-hybridized carbons (Fsp3) is 0.250.